The molecule has 0 fully saturated rings. The maximum atomic E-state index is 12.8. The number of esters is 1. The van der Waals surface area contributed by atoms with Gasteiger partial charge in [0.2, 0.25) is 11.7 Å². The standard InChI is InChI=1S/C13H10F3NO3/c1-2-19-13(18)10-9(11(15)16)17-12(20-10)7-3-5-8(14)6-4-7/h3-6,11H,2H2,1H3. The Bertz CT molecular complexity index is 608. The minimum atomic E-state index is -2.98. The molecule has 0 spiro atoms. The maximum absolute atomic E-state index is 12.8. The van der Waals surface area contributed by atoms with Gasteiger partial charge in [-0.2, -0.15) is 0 Å². The second kappa shape index (κ2) is 5.77. The van der Waals surface area contributed by atoms with E-state index in [1.807, 2.05) is 0 Å². The lowest BCUT2D eigenvalue weighted by Crippen LogP contribution is -2.06. The van der Waals surface area contributed by atoms with Crippen LogP contribution in [0.1, 0.15) is 29.6 Å². The predicted molar refractivity (Wildman–Crippen MR) is 62.8 cm³/mol. The molecule has 4 nitrogen and oxygen atoms in total. The molecule has 0 bridgehead atoms. The van der Waals surface area contributed by atoms with Gasteiger partial charge >= 0.3 is 5.97 Å². The highest BCUT2D eigenvalue weighted by Gasteiger charge is 2.28. The summed E-state index contributed by atoms with van der Waals surface area (Å²) < 4.78 is 48.1. The summed E-state index contributed by atoms with van der Waals surface area (Å²) in [6, 6.07) is 4.88. The summed E-state index contributed by atoms with van der Waals surface area (Å²) in [5, 5.41) is 0. The lowest BCUT2D eigenvalue weighted by atomic mass is 10.2. The zero-order valence-electron chi connectivity index (χ0n) is 10.4. The number of halogens is 3. The Kier molecular flexibility index (Phi) is 4.07. The lowest BCUT2D eigenvalue weighted by molar-refractivity contribution is 0.0476. The second-order valence-electron chi connectivity index (χ2n) is 3.76. The summed E-state index contributed by atoms with van der Waals surface area (Å²) >= 11 is 0. The van der Waals surface area contributed by atoms with Crippen LogP contribution >= 0.6 is 0 Å². The average Bonchev–Trinajstić information content (AvgIpc) is 2.85. The zero-order valence-corrected chi connectivity index (χ0v) is 10.4. The number of hydrogen-bond acceptors (Lipinski definition) is 4. The van der Waals surface area contributed by atoms with E-state index < -0.39 is 29.7 Å². The van der Waals surface area contributed by atoms with Gasteiger partial charge < -0.3 is 9.15 Å². The molecule has 20 heavy (non-hydrogen) atoms. The fourth-order valence-electron chi connectivity index (χ4n) is 1.54. The van der Waals surface area contributed by atoms with E-state index in [9.17, 15) is 18.0 Å². The van der Waals surface area contributed by atoms with E-state index in [0.717, 1.165) is 12.1 Å². The van der Waals surface area contributed by atoms with E-state index in [1.54, 1.807) is 0 Å². The summed E-state index contributed by atoms with van der Waals surface area (Å²) in [7, 11) is 0. The molecular weight excluding hydrogens is 275 g/mol. The highest BCUT2D eigenvalue weighted by atomic mass is 19.3. The molecule has 1 aromatic heterocycles. The monoisotopic (exact) mass is 285 g/mol. The summed E-state index contributed by atoms with van der Waals surface area (Å²) in [6.07, 6.45) is -2.98. The molecule has 0 amide bonds. The summed E-state index contributed by atoms with van der Waals surface area (Å²) in [6.45, 7) is 1.56. The molecule has 0 aliphatic rings. The average molecular weight is 285 g/mol. The van der Waals surface area contributed by atoms with Crippen LogP contribution in [-0.2, 0) is 4.74 Å². The van der Waals surface area contributed by atoms with Gasteiger partial charge in [0.05, 0.1) is 6.61 Å². The van der Waals surface area contributed by atoms with Crippen LogP contribution in [0.15, 0.2) is 28.7 Å². The Morgan fingerprint density at radius 2 is 2.00 bits per heavy atom. The van der Waals surface area contributed by atoms with E-state index in [4.69, 9.17) is 4.42 Å². The van der Waals surface area contributed by atoms with Gasteiger partial charge in [-0.25, -0.2) is 22.9 Å². The van der Waals surface area contributed by atoms with Gasteiger partial charge in [-0.1, -0.05) is 0 Å². The van der Waals surface area contributed by atoms with Crippen molar-refractivity contribution >= 4 is 5.97 Å². The molecular formula is C13H10F3NO3. The van der Waals surface area contributed by atoms with Gasteiger partial charge in [0.15, 0.2) is 5.69 Å². The minimum absolute atomic E-state index is 0.0219. The van der Waals surface area contributed by atoms with E-state index >= 15 is 0 Å². The van der Waals surface area contributed by atoms with Crippen molar-refractivity contribution in [2.75, 3.05) is 6.61 Å². The van der Waals surface area contributed by atoms with Crippen LogP contribution in [0, 0.1) is 5.82 Å². The highest BCUT2D eigenvalue weighted by molar-refractivity contribution is 5.88. The minimum Gasteiger partial charge on any atom is -0.460 e. The Labute approximate surface area is 112 Å². The molecule has 2 rings (SSSR count). The van der Waals surface area contributed by atoms with Crippen molar-refractivity contribution in [2.24, 2.45) is 0 Å². The number of oxazole rings is 1. The maximum Gasteiger partial charge on any atom is 0.376 e. The first-order valence-corrected chi connectivity index (χ1v) is 5.74. The number of alkyl halides is 2. The number of ether oxygens (including phenoxy) is 1. The van der Waals surface area contributed by atoms with Crippen LogP contribution in [-0.4, -0.2) is 17.6 Å². The molecule has 7 heteroatoms. The van der Waals surface area contributed by atoms with Crippen LogP contribution in [0.2, 0.25) is 0 Å². The number of hydrogen-bond donors (Lipinski definition) is 0. The van der Waals surface area contributed by atoms with Gasteiger partial charge in [0.1, 0.15) is 5.82 Å². The smallest absolute Gasteiger partial charge is 0.376 e. The Morgan fingerprint density at radius 3 is 2.55 bits per heavy atom. The molecule has 0 aliphatic carbocycles. The number of rotatable bonds is 4. The molecule has 0 saturated heterocycles. The Balaban J connectivity index is 2.43. The SMILES string of the molecule is CCOC(=O)c1oc(-c2ccc(F)cc2)nc1C(F)F. The van der Waals surface area contributed by atoms with E-state index in [1.165, 1.54) is 19.1 Å². The number of carbonyl (C=O) groups is 1. The Hall–Kier alpha value is -2.31. The fraction of sp³-hybridized carbons (Fsp3) is 0.231. The molecule has 0 saturated carbocycles. The predicted octanol–water partition coefficient (Wildman–Crippen LogP) is 3.60. The van der Waals surface area contributed by atoms with Gasteiger partial charge in [0, 0.05) is 5.56 Å². The first-order valence-electron chi connectivity index (χ1n) is 5.74. The number of nitrogens with zero attached hydrogens (tertiary/aromatic N) is 1. The molecule has 1 heterocycles. The molecule has 0 N–H and O–H groups in total. The van der Waals surface area contributed by atoms with E-state index in [-0.39, 0.29) is 18.1 Å². The number of aromatic nitrogens is 1. The zero-order chi connectivity index (χ0) is 14.7. The first-order chi connectivity index (χ1) is 9.52. The van der Waals surface area contributed by atoms with Crippen LogP contribution in [0.25, 0.3) is 11.5 Å². The fourth-order valence-corrected chi connectivity index (χ4v) is 1.54. The topological polar surface area (TPSA) is 52.3 Å². The lowest BCUT2D eigenvalue weighted by Gasteiger charge is -1.99. The highest BCUT2D eigenvalue weighted by Crippen LogP contribution is 2.28. The number of benzene rings is 1. The van der Waals surface area contributed by atoms with Crippen molar-refractivity contribution in [1.82, 2.24) is 4.98 Å². The van der Waals surface area contributed by atoms with Crippen LogP contribution < -0.4 is 0 Å². The third kappa shape index (κ3) is 2.81. The van der Waals surface area contributed by atoms with E-state index in [0.29, 0.717) is 0 Å². The quantitative estimate of drug-likeness (QED) is 0.805. The third-order valence-electron chi connectivity index (χ3n) is 2.41. The van der Waals surface area contributed by atoms with Crippen molar-refractivity contribution in [3.05, 3.63) is 41.5 Å². The van der Waals surface area contributed by atoms with Gasteiger partial charge in [-0.3, -0.25) is 0 Å². The largest absolute Gasteiger partial charge is 0.460 e. The van der Waals surface area contributed by atoms with Crippen LogP contribution in [0.4, 0.5) is 13.2 Å². The number of carbonyl (C=O) groups excluding carboxylic acids is 1. The van der Waals surface area contributed by atoms with Gasteiger partial charge in [-0.15, -0.1) is 0 Å². The van der Waals surface area contributed by atoms with Crippen molar-refractivity contribution in [3.63, 3.8) is 0 Å². The summed E-state index contributed by atoms with van der Waals surface area (Å²) in [4.78, 5) is 15.1. The molecule has 0 unspecified atom stereocenters. The molecule has 2 aromatic rings. The molecule has 106 valence electrons. The normalized spacial score (nSPS) is 10.8. The summed E-state index contributed by atoms with van der Waals surface area (Å²) in [5.74, 6) is -2.33. The van der Waals surface area contributed by atoms with Crippen molar-refractivity contribution in [1.29, 1.82) is 0 Å². The third-order valence-corrected chi connectivity index (χ3v) is 2.41. The molecule has 0 atom stereocenters. The van der Waals surface area contributed by atoms with Gasteiger partial charge in [-0.05, 0) is 31.2 Å². The van der Waals surface area contributed by atoms with Gasteiger partial charge in [0.25, 0.3) is 6.43 Å². The van der Waals surface area contributed by atoms with Crippen molar-refractivity contribution in [2.45, 2.75) is 13.3 Å². The molecule has 0 radical (unpaired) electrons. The first kappa shape index (κ1) is 14.1. The second-order valence-corrected chi connectivity index (χ2v) is 3.76. The van der Waals surface area contributed by atoms with Crippen molar-refractivity contribution in [3.8, 4) is 11.5 Å². The van der Waals surface area contributed by atoms with Crippen LogP contribution in [0.5, 0.6) is 0 Å². The Morgan fingerprint density at radius 1 is 1.35 bits per heavy atom. The van der Waals surface area contributed by atoms with Crippen molar-refractivity contribution < 1.29 is 27.1 Å². The molecule has 1 aromatic carbocycles. The van der Waals surface area contributed by atoms with Crippen LogP contribution in [0.3, 0.4) is 0 Å². The summed E-state index contributed by atoms with van der Waals surface area (Å²) in [5.41, 5.74) is -0.508. The molecule has 0 aliphatic heterocycles. The van der Waals surface area contributed by atoms with E-state index in [2.05, 4.69) is 9.72 Å².